The number of carbonyl (C=O) groups is 1. The van der Waals surface area contributed by atoms with Gasteiger partial charge in [0.1, 0.15) is 0 Å². The van der Waals surface area contributed by atoms with Crippen molar-refractivity contribution in [3.63, 3.8) is 0 Å². The van der Waals surface area contributed by atoms with Crippen LogP contribution in [0.1, 0.15) is 43.4 Å². The van der Waals surface area contributed by atoms with Crippen LogP contribution in [0.3, 0.4) is 0 Å². The first-order valence-electron chi connectivity index (χ1n) is 8.35. The highest BCUT2D eigenvalue weighted by molar-refractivity contribution is 5.80. The molecule has 2 heterocycles. The lowest BCUT2D eigenvalue weighted by molar-refractivity contribution is -0.144. The molecule has 1 aromatic carbocycles. The summed E-state index contributed by atoms with van der Waals surface area (Å²) in [6.07, 6.45) is 3.64. The van der Waals surface area contributed by atoms with Gasteiger partial charge in [0.15, 0.2) is 0 Å². The lowest BCUT2D eigenvalue weighted by Crippen LogP contribution is -2.46. The largest absolute Gasteiger partial charge is 0.394 e. The predicted octanol–water partition coefficient (Wildman–Crippen LogP) is 2.31. The molecule has 120 valence electrons. The Hall–Kier alpha value is -1.39. The Bertz CT molecular complexity index is 531. The highest BCUT2D eigenvalue weighted by Crippen LogP contribution is 2.33. The Morgan fingerprint density at radius 2 is 2.23 bits per heavy atom. The lowest BCUT2D eigenvalue weighted by Gasteiger charge is -2.40. The fourth-order valence-electron chi connectivity index (χ4n) is 3.74. The Morgan fingerprint density at radius 3 is 3.00 bits per heavy atom. The van der Waals surface area contributed by atoms with Crippen LogP contribution in [0.25, 0.3) is 0 Å². The molecule has 1 saturated heterocycles. The summed E-state index contributed by atoms with van der Waals surface area (Å²) < 4.78 is 5.68. The highest BCUT2D eigenvalue weighted by Gasteiger charge is 2.36. The Kier molecular flexibility index (Phi) is 4.79. The van der Waals surface area contributed by atoms with Gasteiger partial charge in [-0.05, 0) is 36.8 Å². The SMILES string of the molecule is CC[C@@H]1C[C@H](C(=O)N2CCc3ccccc3[C@H]2CO)CCO1. The van der Waals surface area contributed by atoms with E-state index >= 15 is 0 Å². The van der Waals surface area contributed by atoms with Crippen LogP contribution in [0, 0.1) is 5.92 Å². The van der Waals surface area contributed by atoms with Crippen LogP contribution in [-0.2, 0) is 16.0 Å². The minimum atomic E-state index is -0.194. The van der Waals surface area contributed by atoms with Gasteiger partial charge in [0.25, 0.3) is 0 Å². The number of aliphatic hydroxyl groups excluding tert-OH is 1. The van der Waals surface area contributed by atoms with E-state index in [2.05, 4.69) is 13.0 Å². The summed E-state index contributed by atoms with van der Waals surface area (Å²) in [5.41, 5.74) is 2.35. The maximum Gasteiger partial charge on any atom is 0.226 e. The lowest BCUT2D eigenvalue weighted by atomic mass is 9.88. The molecule has 3 rings (SSSR count). The number of nitrogens with zero attached hydrogens (tertiary/aromatic N) is 1. The van der Waals surface area contributed by atoms with Crippen LogP contribution < -0.4 is 0 Å². The van der Waals surface area contributed by atoms with E-state index in [0.717, 1.165) is 31.2 Å². The molecule has 0 spiro atoms. The molecular weight excluding hydrogens is 278 g/mol. The van der Waals surface area contributed by atoms with Crippen LogP contribution in [0.4, 0.5) is 0 Å². The number of amides is 1. The van der Waals surface area contributed by atoms with E-state index in [1.165, 1.54) is 5.56 Å². The molecule has 3 atom stereocenters. The van der Waals surface area contributed by atoms with Crippen molar-refractivity contribution in [3.05, 3.63) is 35.4 Å². The zero-order chi connectivity index (χ0) is 15.5. The van der Waals surface area contributed by atoms with Gasteiger partial charge in [-0.2, -0.15) is 0 Å². The molecular formula is C18H25NO3. The number of carbonyl (C=O) groups excluding carboxylic acids is 1. The molecule has 0 unspecified atom stereocenters. The predicted molar refractivity (Wildman–Crippen MR) is 84.4 cm³/mol. The van der Waals surface area contributed by atoms with Gasteiger partial charge in [0, 0.05) is 19.1 Å². The first kappa shape index (κ1) is 15.5. The summed E-state index contributed by atoms with van der Waals surface area (Å²) in [4.78, 5) is 14.8. The Morgan fingerprint density at radius 1 is 1.41 bits per heavy atom. The minimum Gasteiger partial charge on any atom is -0.394 e. The molecule has 1 fully saturated rings. The first-order valence-corrected chi connectivity index (χ1v) is 8.35. The van der Waals surface area contributed by atoms with E-state index in [-0.39, 0.29) is 30.6 Å². The van der Waals surface area contributed by atoms with Crippen LogP contribution in [0.15, 0.2) is 24.3 Å². The normalized spacial score (nSPS) is 28.3. The second-order valence-corrected chi connectivity index (χ2v) is 6.30. The number of hydrogen-bond acceptors (Lipinski definition) is 3. The van der Waals surface area contributed by atoms with E-state index in [1.54, 1.807) is 0 Å². The minimum absolute atomic E-state index is 0.0107. The molecule has 1 amide bonds. The number of ether oxygens (including phenoxy) is 1. The van der Waals surface area contributed by atoms with E-state index in [0.29, 0.717) is 13.2 Å². The van der Waals surface area contributed by atoms with E-state index < -0.39 is 0 Å². The molecule has 0 aromatic heterocycles. The Balaban J connectivity index is 1.78. The average molecular weight is 303 g/mol. The number of benzene rings is 1. The van der Waals surface area contributed by atoms with Gasteiger partial charge in [-0.15, -0.1) is 0 Å². The van der Waals surface area contributed by atoms with Crippen molar-refractivity contribution in [2.24, 2.45) is 5.92 Å². The third kappa shape index (κ3) is 2.90. The van der Waals surface area contributed by atoms with Crippen LogP contribution in [0.5, 0.6) is 0 Å². The molecule has 2 aliphatic heterocycles. The van der Waals surface area contributed by atoms with E-state index in [1.807, 2.05) is 23.1 Å². The Labute approximate surface area is 132 Å². The topological polar surface area (TPSA) is 49.8 Å². The molecule has 0 saturated carbocycles. The highest BCUT2D eigenvalue weighted by atomic mass is 16.5. The van der Waals surface area contributed by atoms with Crippen molar-refractivity contribution in [3.8, 4) is 0 Å². The fraction of sp³-hybridized carbons (Fsp3) is 0.611. The summed E-state index contributed by atoms with van der Waals surface area (Å²) in [6, 6.07) is 7.95. The number of rotatable bonds is 3. The standard InChI is InChI=1S/C18H25NO3/c1-2-15-11-14(8-10-22-15)18(21)19-9-7-13-5-3-4-6-16(13)17(19)12-20/h3-6,14-15,17,20H,2,7-12H2,1H3/t14-,15-,17-/m1/s1. The smallest absolute Gasteiger partial charge is 0.226 e. The average Bonchev–Trinajstić information content (AvgIpc) is 2.60. The summed E-state index contributed by atoms with van der Waals surface area (Å²) in [7, 11) is 0. The van der Waals surface area contributed by atoms with Crippen molar-refractivity contribution >= 4 is 5.91 Å². The molecule has 1 N–H and O–H groups in total. The zero-order valence-corrected chi connectivity index (χ0v) is 13.2. The van der Waals surface area contributed by atoms with E-state index in [4.69, 9.17) is 4.74 Å². The van der Waals surface area contributed by atoms with Gasteiger partial charge < -0.3 is 14.7 Å². The summed E-state index contributed by atoms with van der Waals surface area (Å²) in [6.45, 7) is 3.47. The summed E-state index contributed by atoms with van der Waals surface area (Å²) >= 11 is 0. The van der Waals surface area contributed by atoms with Gasteiger partial charge in [0.05, 0.1) is 18.8 Å². The molecule has 4 heteroatoms. The number of hydrogen-bond donors (Lipinski definition) is 1. The maximum atomic E-state index is 13.0. The van der Waals surface area contributed by atoms with Crippen molar-refractivity contribution in [1.29, 1.82) is 0 Å². The second kappa shape index (κ2) is 6.80. The zero-order valence-electron chi connectivity index (χ0n) is 13.2. The van der Waals surface area contributed by atoms with Crippen LogP contribution >= 0.6 is 0 Å². The van der Waals surface area contributed by atoms with Gasteiger partial charge in [0.2, 0.25) is 5.91 Å². The third-order valence-corrected chi connectivity index (χ3v) is 5.04. The number of fused-ring (bicyclic) bond motifs is 1. The maximum absolute atomic E-state index is 13.0. The molecule has 0 aliphatic carbocycles. The van der Waals surface area contributed by atoms with Gasteiger partial charge in [-0.1, -0.05) is 31.2 Å². The van der Waals surface area contributed by atoms with Crippen molar-refractivity contribution < 1.29 is 14.6 Å². The third-order valence-electron chi connectivity index (χ3n) is 5.04. The van der Waals surface area contributed by atoms with Crippen molar-refractivity contribution in [1.82, 2.24) is 4.90 Å². The van der Waals surface area contributed by atoms with Crippen molar-refractivity contribution in [2.45, 2.75) is 44.8 Å². The van der Waals surface area contributed by atoms with E-state index in [9.17, 15) is 9.90 Å². The van der Waals surface area contributed by atoms with Crippen LogP contribution in [-0.4, -0.2) is 41.8 Å². The monoisotopic (exact) mass is 303 g/mol. The van der Waals surface area contributed by atoms with Crippen molar-refractivity contribution in [2.75, 3.05) is 19.8 Å². The fourth-order valence-corrected chi connectivity index (χ4v) is 3.74. The molecule has 0 radical (unpaired) electrons. The molecule has 1 aromatic rings. The molecule has 2 aliphatic rings. The van der Waals surface area contributed by atoms with Gasteiger partial charge in [-0.3, -0.25) is 4.79 Å². The molecule has 0 bridgehead atoms. The summed E-state index contributed by atoms with van der Waals surface area (Å²) in [5, 5.41) is 9.84. The van der Waals surface area contributed by atoms with Crippen LogP contribution in [0.2, 0.25) is 0 Å². The summed E-state index contributed by atoms with van der Waals surface area (Å²) in [5.74, 6) is 0.230. The molecule has 4 nitrogen and oxygen atoms in total. The second-order valence-electron chi connectivity index (χ2n) is 6.30. The van der Waals surface area contributed by atoms with Gasteiger partial charge in [-0.25, -0.2) is 0 Å². The first-order chi connectivity index (χ1) is 10.7. The quantitative estimate of drug-likeness (QED) is 0.932. The molecule has 22 heavy (non-hydrogen) atoms. The van der Waals surface area contributed by atoms with Gasteiger partial charge >= 0.3 is 0 Å². The number of aliphatic hydroxyl groups is 1.